The minimum Gasteiger partial charge on any atom is -0.409 e. The van der Waals surface area contributed by atoms with Gasteiger partial charge in [-0.1, -0.05) is 24.4 Å². The summed E-state index contributed by atoms with van der Waals surface area (Å²) in [5.74, 6) is 0.434. The molecule has 0 radical (unpaired) electrons. The van der Waals surface area contributed by atoms with Crippen molar-refractivity contribution in [1.82, 2.24) is 14.7 Å². The minimum absolute atomic E-state index is 0.0217. The van der Waals surface area contributed by atoms with Crippen molar-refractivity contribution in [1.29, 1.82) is 0 Å². The molecule has 118 valence electrons. The highest BCUT2D eigenvalue weighted by Crippen LogP contribution is 2.27. The van der Waals surface area contributed by atoms with Crippen molar-refractivity contribution in [2.45, 2.75) is 50.1 Å². The topological polar surface area (TPSA) is 133 Å². The third-order valence-electron chi connectivity index (χ3n) is 3.81. The van der Waals surface area contributed by atoms with Crippen molar-refractivity contribution < 1.29 is 13.6 Å². The van der Waals surface area contributed by atoms with Crippen molar-refractivity contribution in [3.63, 3.8) is 0 Å². The number of imidazole rings is 1. The number of hydrogen-bond acceptors (Lipinski definition) is 5. The number of amidine groups is 1. The molecule has 1 aliphatic rings. The van der Waals surface area contributed by atoms with E-state index in [-0.39, 0.29) is 16.8 Å². The fraction of sp³-hybridized carbons (Fsp3) is 0.667. The van der Waals surface area contributed by atoms with Gasteiger partial charge in [0, 0.05) is 0 Å². The molecule has 21 heavy (non-hydrogen) atoms. The summed E-state index contributed by atoms with van der Waals surface area (Å²) in [5.41, 5.74) is 5.69. The number of aryl methyl sites for hydroxylation is 1. The van der Waals surface area contributed by atoms with Gasteiger partial charge in [-0.05, 0) is 25.7 Å². The van der Waals surface area contributed by atoms with Crippen LogP contribution in [0.4, 0.5) is 0 Å². The minimum atomic E-state index is -3.78. The highest BCUT2D eigenvalue weighted by Gasteiger charge is 2.32. The van der Waals surface area contributed by atoms with E-state index in [1.54, 1.807) is 6.92 Å². The van der Waals surface area contributed by atoms with Crippen molar-refractivity contribution in [3.8, 4) is 0 Å². The third kappa shape index (κ3) is 3.73. The van der Waals surface area contributed by atoms with E-state index in [9.17, 15) is 8.42 Å². The number of hydrogen-bond donors (Lipinski definition) is 4. The summed E-state index contributed by atoms with van der Waals surface area (Å²) in [7, 11) is -3.78. The first kappa shape index (κ1) is 15.8. The first-order chi connectivity index (χ1) is 9.94. The van der Waals surface area contributed by atoms with E-state index in [4.69, 9.17) is 10.9 Å². The fourth-order valence-corrected chi connectivity index (χ4v) is 3.94. The van der Waals surface area contributed by atoms with Gasteiger partial charge in [-0.2, -0.15) is 4.72 Å². The van der Waals surface area contributed by atoms with Gasteiger partial charge in [-0.25, -0.2) is 13.4 Å². The number of oxime groups is 1. The molecule has 0 spiro atoms. The molecule has 0 aromatic carbocycles. The average molecular weight is 315 g/mol. The number of nitrogens with two attached hydrogens (primary N) is 1. The summed E-state index contributed by atoms with van der Waals surface area (Å²) < 4.78 is 27.2. The largest absolute Gasteiger partial charge is 0.409 e. The van der Waals surface area contributed by atoms with Crippen LogP contribution >= 0.6 is 0 Å². The molecule has 1 fully saturated rings. The van der Waals surface area contributed by atoms with Gasteiger partial charge in [0.25, 0.3) is 10.0 Å². The molecule has 1 aliphatic carbocycles. The van der Waals surface area contributed by atoms with Gasteiger partial charge in [0.1, 0.15) is 5.82 Å². The van der Waals surface area contributed by atoms with Crippen molar-refractivity contribution in [3.05, 3.63) is 12.0 Å². The molecule has 2 rings (SSSR count). The van der Waals surface area contributed by atoms with Gasteiger partial charge in [-0.15, -0.1) is 0 Å². The smallest absolute Gasteiger partial charge is 0.258 e. The van der Waals surface area contributed by atoms with Gasteiger partial charge >= 0.3 is 0 Å². The van der Waals surface area contributed by atoms with E-state index in [1.165, 1.54) is 6.20 Å². The molecule has 1 atom stereocenters. The molecule has 1 heterocycles. The Morgan fingerprint density at radius 2 is 2.19 bits per heavy atom. The zero-order valence-corrected chi connectivity index (χ0v) is 12.7. The highest BCUT2D eigenvalue weighted by atomic mass is 32.2. The van der Waals surface area contributed by atoms with Crippen LogP contribution in [0.15, 0.2) is 16.4 Å². The number of H-pyrrole nitrogens is 1. The molecule has 1 saturated carbocycles. The molecule has 1 unspecified atom stereocenters. The van der Waals surface area contributed by atoms with Gasteiger partial charge < -0.3 is 15.9 Å². The average Bonchev–Trinajstić information content (AvgIpc) is 2.92. The highest BCUT2D eigenvalue weighted by molar-refractivity contribution is 7.89. The van der Waals surface area contributed by atoms with Crippen LogP contribution in [0.2, 0.25) is 0 Å². The molecule has 0 bridgehead atoms. The van der Waals surface area contributed by atoms with Crippen LogP contribution in [0.3, 0.4) is 0 Å². The summed E-state index contributed by atoms with van der Waals surface area (Å²) in [4.78, 5) is 6.56. The van der Waals surface area contributed by atoms with Gasteiger partial charge in [0.15, 0.2) is 10.9 Å². The fourth-order valence-electron chi connectivity index (χ4n) is 2.69. The predicted octanol–water partition coefficient (Wildman–Crippen LogP) is 0.692. The normalized spacial score (nSPS) is 19.6. The maximum atomic E-state index is 12.3. The Bertz CT molecular complexity index is 604. The quantitative estimate of drug-likeness (QED) is 0.274. The zero-order valence-electron chi connectivity index (χ0n) is 11.9. The summed E-state index contributed by atoms with van der Waals surface area (Å²) in [6, 6.07) is -0.705. The van der Waals surface area contributed by atoms with Gasteiger partial charge in [0.2, 0.25) is 0 Å². The lowest BCUT2D eigenvalue weighted by Gasteiger charge is -2.29. The van der Waals surface area contributed by atoms with E-state index in [2.05, 4.69) is 19.8 Å². The number of aromatic nitrogens is 2. The van der Waals surface area contributed by atoms with Crippen LogP contribution in [-0.2, 0) is 10.0 Å². The van der Waals surface area contributed by atoms with Crippen LogP contribution in [-0.4, -0.2) is 35.5 Å². The van der Waals surface area contributed by atoms with Crippen molar-refractivity contribution in [2.24, 2.45) is 16.8 Å². The number of sulfonamides is 1. The second-order valence-electron chi connectivity index (χ2n) is 5.35. The summed E-state index contributed by atoms with van der Waals surface area (Å²) >= 11 is 0. The molecule has 0 aliphatic heterocycles. The van der Waals surface area contributed by atoms with Crippen LogP contribution < -0.4 is 10.5 Å². The lowest BCUT2D eigenvalue weighted by molar-refractivity contribution is 0.297. The van der Waals surface area contributed by atoms with Crippen LogP contribution in [0.5, 0.6) is 0 Å². The molecule has 0 amide bonds. The monoisotopic (exact) mass is 315 g/mol. The molecule has 1 aromatic rings. The second-order valence-corrected chi connectivity index (χ2v) is 7.04. The second kappa shape index (κ2) is 6.44. The molecule has 8 nitrogen and oxygen atoms in total. The van der Waals surface area contributed by atoms with E-state index in [0.717, 1.165) is 32.1 Å². The van der Waals surface area contributed by atoms with Crippen molar-refractivity contribution in [2.75, 3.05) is 0 Å². The van der Waals surface area contributed by atoms with E-state index >= 15 is 0 Å². The lowest BCUT2D eigenvalue weighted by Crippen LogP contribution is -2.49. The van der Waals surface area contributed by atoms with Gasteiger partial charge in [0.05, 0.1) is 12.2 Å². The Labute approximate surface area is 123 Å². The third-order valence-corrected chi connectivity index (χ3v) is 5.16. The Kier molecular flexibility index (Phi) is 4.84. The Balaban J connectivity index is 2.22. The van der Waals surface area contributed by atoms with E-state index in [1.807, 2.05) is 0 Å². The molecule has 0 saturated heterocycles. The molecule has 9 heteroatoms. The summed E-state index contributed by atoms with van der Waals surface area (Å²) in [5, 5.41) is 11.9. The molecule has 1 aromatic heterocycles. The standard InChI is InChI=1S/C12H21N5O3S/c1-8-14-7-10(15-8)21(19,20)17-11(12(13)16-18)9-5-3-2-4-6-9/h7,9,11,17-18H,2-6H2,1H3,(H2,13,16)(H,14,15). The van der Waals surface area contributed by atoms with Gasteiger partial charge in [-0.3, -0.25) is 0 Å². The number of rotatable bonds is 5. The first-order valence-electron chi connectivity index (χ1n) is 6.95. The maximum Gasteiger partial charge on any atom is 0.258 e. The maximum absolute atomic E-state index is 12.3. The van der Waals surface area contributed by atoms with E-state index in [0.29, 0.717) is 5.82 Å². The first-order valence-corrected chi connectivity index (χ1v) is 8.43. The van der Waals surface area contributed by atoms with Crippen LogP contribution in [0, 0.1) is 12.8 Å². The predicted molar refractivity (Wildman–Crippen MR) is 77.4 cm³/mol. The Morgan fingerprint density at radius 3 is 2.71 bits per heavy atom. The summed E-state index contributed by atoms with van der Waals surface area (Å²) in [6.07, 6.45) is 6.13. The molecule has 5 N–H and O–H groups in total. The molecular formula is C12H21N5O3S. The lowest BCUT2D eigenvalue weighted by atomic mass is 9.84. The number of nitrogens with zero attached hydrogens (tertiary/aromatic N) is 2. The summed E-state index contributed by atoms with van der Waals surface area (Å²) in [6.45, 7) is 1.67. The Morgan fingerprint density at radius 1 is 1.52 bits per heavy atom. The van der Waals surface area contributed by atoms with E-state index < -0.39 is 16.1 Å². The van der Waals surface area contributed by atoms with Crippen LogP contribution in [0.25, 0.3) is 0 Å². The zero-order chi connectivity index (χ0) is 15.5. The Hall–Kier alpha value is -1.61. The SMILES string of the molecule is Cc1ncc(S(=O)(=O)NC(C(N)=NO)C2CCCCC2)[nH]1. The number of nitrogens with one attached hydrogen (secondary N) is 2. The number of aromatic amines is 1. The van der Waals surface area contributed by atoms with Crippen LogP contribution in [0.1, 0.15) is 37.9 Å². The van der Waals surface area contributed by atoms with Crippen molar-refractivity contribution >= 4 is 15.9 Å². The molecular weight excluding hydrogens is 294 g/mol.